The lowest BCUT2D eigenvalue weighted by atomic mass is 9.91. The molecule has 1 fully saturated rings. The molecule has 0 aromatic carbocycles. The van der Waals surface area contributed by atoms with Crippen LogP contribution in [0.2, 0.25) is 0 Å². The van der Waals surface area contributed by atoms with Crippen LogP contribution in [0.4, 0.5) is 5.82 Å². The van der Waals surface area contributed by atoms with Gasteiger partial charge in [0.15, 0.2) is 0 Å². The highest BCUT2D eigenvalue weighted by atomic mass is 79.9. The van der Waals surface area contributed by atoms with Crippen molar-refractivity contribution in [3.8, 4) is 5.88 Å². The van der Waals surface area contributed by atoms with Gasteiger partial charge in [0, 0.05) is 24.0 Å². The maximum absolute atomic E-state index is 5.57. The second-order valence-electron chi connectivity index (χ2n) is 4.53. The number of hydrogen-bond donors (Lipinski definition) is 0. The van der Waals surface area contributed by atoms with Crippen LogP contribution in [0.1, 0.15) is 32.6 Å². The van der Waals surface area contributed by atoms with Crippen molar-refractivity contribution in [3.63, 3.8) is 0 Å². The van der Waals surface area contributed by atoms with Gasteiger partial charge < -0.3 is 9.64 Å². The molecule has 0 radical (unpaired) electrons. The van der Waals surface area contributed by atoms with Crippen molar-refractivity contribution in [2.24, 2.45) is 0 Å². The van der Waals surface area contributed by atoms with Crippen LogP contribution in [0.5, 0.6) is 5.88 Å². The third-order valence-electron chi connectivity index (χ3n) is 3.22. The number of rotatable bonds is 7. The molecule has 4 nitrogen and oxygen atoms in total. The predicted molar refractivity (Wildman–Crippen MR) is 76.6 cm³/mol. The minimum atomic E-state index is 0.636. The van der Waals surface area contributed by atoms with Crippen LogP contribution in [0.15, 0.2) is 12.4 Å². The lowest BCUT2D eigenvalue weighted by molar-refractivity contribution is 0.304. The molecule has 1 heterocycles. The third-order valence-corrected chi connectivity index (χ3v) is 3.57. The van der Waals surface area contributed by atoms with Crippen LogP contribution in [-0.2, 0) is 0 Å². The van der Waals surface area contributed by atoms with Gasteiger partial charge in [0.2, 0.25) is 5.88 Å². The summed E-state index contributed by atoms with van der Waals surface area (Å²) >= 11 is 3.51. The molecule has 2 rings (SSSR count). The lowest BCUT2D eigenvalue weighted by Gasteiger charge is -2.38. The van der Waals surface area contributed by atoms with Gasteiger partial charge in [0.1, 0.15) is 12.1 Å². The monoisotopic (exact) mass is 313 g/mol. The van der Waals surface area contributed by atoms with Crippen molar-refractivity contribution in [1.82, 2.24) is 9.97 Å². The fraction of sp³-hybridized carbons (Fsp3) is 0.692. The number of ether oxygens (including phenoxy) is 1. The van der Waals surface area contributed by atoms with Gasteiger partial charge in [-0.2, -0.15) is 0 Å². The summed E-state index contributed by atoms with van der Waals surface area (Å²) in [5.41, 5.74) is 0. The van der Waals surface area contributed by atoms with Crippen LogP contribution in [-0.4, -0.2) is 34.5 Å². The highest BCUT2D eigenvalue weighted by Gasteiger charge is 2.25. The van der Waals surface area contributed by atoms with E-state index in [1.54, 1.807) is 6.33 Å². The van der Waals surface area contributed by atoms with E-state index >= 15 is 0 Å². The van der Waals surface area contributed by atoms with Gasteiger partial charge >= 0.3 is 0 Å². The van der Waals surface area contributed by atoms with E-state index < -0.39 is 0 Å². The van der Waals surface area contributed by atoms with Crippen molar-refractivity contribution >= 4 is 21.7 Å². The summed E-state index contributed by atoms with van der Waals surface area (Å²) in [5.74, 6) is 1.67. The fourth-order valence-corrected chi connectivity index (χ4v) is 2.43. The van der Waals surface area contributed by atoms with Crippen molar-refractivity contribution < 1.29 is 4.74 Å². The molecule has 1 aromatic rings. The van der Waals surface area contributed by atoms with E-state index in [0.29, 0.717) is 18.5 Å². The molecule has 0 unspecified atom stereocenters. The maximum Gasteiger partial charge on any atom is 0.218 e. The van der Waals surface area contributed by atoms with E-state index in [4.69, 9.17) is 4.74 Å². The first-order chi connectivity index (χ1) is 8.85. The van der Waals surface area contributed by atoms with Gasteiger partial charge in [-0.05, 0) is 25.7 Å². The first-order valence-corrected chi connectivity index (χ1v) is 7.74. The van der Waals surface area contributed by atoms with Crippen LogP contribution >= 0.6 is 15.9 Å². The average Bonchev–Trinajstić information content (AvgIpc) is 2.34. The molecular weight excluding hydrogens is 294 g/mol. The average molecular weight is 314 g/mol. The minimum absolute atomic E-state index is 0.636. The Morgan fingerprint density at radius 2 is 2.28 bits per heavy atom. The molecule has 0 amide bonds. The van der Waals surface area contributed by atoms with E-state index in [1.165, 1.54) is 19.3 Å². The predicted octanol–water partition coefficient (Wildman–Crippen LogP) is 3.02. The highest BCUT2D eigenvalue weighted by molar-refractivity contribution is 9.09. The van der Waals surface area contributed by atoms with Crippen LogP contribution < -0.4 is 9.64 Å². The van der Waals surface area contributed by atoms with Crippen LogP contribution in [0, 0.1) is 0 Å². The van der Waals surface area contributed by atoms with Gasteiger partial charge in [-0.25, -0.2) is 9.97 Å². The third kappa shape index (κ3) is 3.34. The Morgan fingerprint density at radius 1 is 1.44 bits per heavy atom. The topological polar surface area (TPSA) is 38.2 Å². The maximum atomic E-state index is 5.57. The zero-order valence-corrected chi connectivity index (χ0v) is 12.4. The number of nitrogens with zero attached hydrogens (tertiary/aromatic N) is 3. The molecule has 0 saturated heterocycles. The largest absolute Gasteiger partial charge is 0.478 e. The van der Waals surface area contributed by atoms with Gasteiger partial charge in [0.25, 0.3) is 0 Å². The Balaban J connectivity index is 2.08. The molecule has 18 heavy (non-hydrogen) atoms. The second kappa shape index (κ2) is 6.92. The molecule has 5 heteroatoms. The van der Waals surface area contributed by atoms with Crippen molar-refractivity contribution in [3.05, 3.63) is 12.4 Å². The van der Waals surface area contributed by atoms with E-state index in [2.05, 4.69) is 37.7 Å². The number of halogens is 1. The Hall–Kier alpha value is -0.840. The zero-order chi connectivity index (χ0) is 12.8. The number of aromatic nitrogens is 2. The van der Waals surface area contributed by atoms with Crippen molar-refractivity contribution in [2.75, 3.05) is 23.4 Å². The Bertz CT molecular complexity index is 371. The Morgan fingerprint density at radius 3 is 2.89 bits per heavy atom. The van der Waals surface area contributed by atoms with Crippen LogP contribution in [0.25, 0.3) is 0 Å². The summed E-state index contributed by atoms with van der Waals surface area (Å²) in [6, 6.07) is 2.59. The summed E-state index contributed by atoms with van der Waals surface area (Å²) in [7, 11) is 0. The second-order valence-corrected chi connectivity index (χ2v) is 5.32. The quantitative estimate of drug-likeness (QED) is 0.725. The first-order valence-electron chi connectivity index (χ1n) is 6.62. The van der Waals surface area contributed by atoms with E-state index in [9.17, 15) is 0 Å². The Labute approximate surface area is 117 Å². The Kier molecular flexibility index (Phi) is 5.23. The molecule has 1 aliphatic rings. The zero-order valence-electron chi connectivity index (χ0n) is 10.8. The highest BCUT2D eigenvalue weighted by Crippen LogP contribution is 2.29. The standard InChI is InChI=1S/C13H20BrN3O/c1-2-8-18-13-9-12(15-10-16-13)17(7-6-14)11-4-3-5-11/h9-11H,2-8H2,1H3. The fourth-order valence-electron chi connectivity index (χ4n) is 2.05. The van der Waals surface area contributed by atoms with Crippen molar-refractivity contribution in [1.29, 1.82) is 0 Å². The summed E-state index contributed by atoms with van der Waals surface area (Å²) in [4.78, 5) is 10.9. The van der Waals surface area contributed by atoms with E-state index in [0.717, 1.165) is 24.1 Å². The van der Waals surface area contributed by atoms with Gasteiger partial charge in [0.05, 0.1) is 6.61 Å². The lowest BCUT2D eigenvalue weighted by Crippen LogP contribution is -2.41. The van der Waals surface area contributed by atoms with Crippen molar-refractivity contribution in [2.45, 2.75) is 38.6 Å². The SMILES string of the molecule is CCCOc1cc(N(CCBr)C2CCC2)ncn1. The summed E-state index contributed by atoms with van der Waals surface area (Å²) in [5, 5.41) is 0.957. The molecular formula is C13H20BrN3O. The first kappa shape index (κ1) is 13.6. The van der Waals surface area contributed by atoms with Gasteiger partial charge in [-0.1, -0.05) is 22.9 Å². The molecule has 0 atom stereocenters. The molecule has 0 spiro atoms. The van der Waals surface area contributed by atoms with E-state index in [1.807, 2.05) is 6.07 Å². The molecule has 0 aliphatic heterocycles. The van der Waals surface area contributed by atoms with Gasteiger partial charge in [-0.15, -0.1) is 0 Å². The molecule has 0 N–H and O–H groups in total. The van der Waals surface area contributed by atoms with E-state index in [-0.39, 0.29) is 0 Å². The molecule has 1 aromatic heterocycles. The number of alkyl halides is 1. The van der Waals surface area contributed by atoms with Gasteiger partial charge in [-0.3, -0.25) is 0 Å². The summed E-state index contributed by atoms with van der Waals surface area (Å²) in [6.07, 6.45) is 6.45. The van der Waals surface area contributed by atoms with Crippen LogP contribution in [0.3, 0.4) is 0 Å². The minimum Gasteiger partial charge on any atom is -0.478 e. The number of hydrogen-bond acceptors (Lipinski definition) is 4. The summed E-state index contributed by atoms with van der Waals surface area (Å²) in [6.45, 7) is 3.78. The molecule has 100 valence electrons. The summed E-state index contributed by atoms with van der Waals surface area (Å²) < 4.78 is 5.57. The normalized spacial score (nSPS) is 15.2. The molecule has 0 bridgehead atoms. The number of anilines is 1. The smallest absolute Gasteiger partial charge is 0.218 e. The molecule has 1 aliphatic carbocycles. The molecule has 1 saturated carbocycles.